The van der Waals surface area contributed by atoms with E-state index in [-0.39, 0.29) is 30.4 Å². The maximum atomic E-state index is 14.8. The number of halogens is 2. The molecule has 4 rings (SSSR count). The van der Waals surface area contributed by atoms with Gasteiger partial charge in [-0.15, -0.1) is 0 Å². The molecule has 0 unspecified atom stereocenters. The summed E-state index contributed by atoms with van der Waals surface area (Å²) in [5, 5.41) is 5.67. The van der Waals surface area contributed by atoms with Gasteiger partial charge in [-0.1, -0.05) is 50.2 Å². The molecule has 36 heavy (non-hydrogen) atoms. The quantitative estimate of drug-likeness (QED) is 0.559. The lowest BCUT2D eigenvalue weighted by Gasteiger charge is -2.31. The van der Waals surface area contributed by atoms with E-state index in [0.717, 1.165) is 13.1 Å². The Kier molecular flexibility index (Phi) is 8.43. The third-order valence-electron chi connectivity index (χ3n) is 6.54. The minimum Gasteiger partial charge on any atom is -0.379 e. The van der Waals surface area contributed by atoms with E-state index in [0.29, 0.717) is 37.6 Å². The number of rotatable bonds is 8. The number of ether oxygens (including phenoxy) is 1. The molecule has 7 nitrogen and oxygen atoms in total. The Labute approximate surface area is 210 Å². The zero-order valence-corrected chi connectivity index (χ0v) is 20.7. The Morgan fingerprint density at radius 1 is 1.06 bits per heavy atom. The second-order valence-electron chi connectivity index (χ2n) is 9.37. The van der Waals surface area contributed by atoms with Crippen LogP contribution >= 0.6 is 0 Å². The van der Waals surface area contributed by atoms with Crippen molar-refractivity contribution < 1.29 is 23.1 Å². The SMILES string of the molecule is CC(C)C(=O)N(CCN1CCOCC1)CC(=O)N1N=C(c2ccccc2F)C[C@@H]1c1ccccc1F. The van der Waals surface area contributed by atoms with Crippen molar-refractivity contribution in [3.63, 3.8) is 0 Å². The fraction of sp³-hybridized carbons (Fsp3) is 0.444. The molecule has 1 fully saturated rings. The monoisotopic (exact) mass is 498 g/mol. The molecule has 1 saturated heterocycles. The highest BCUT2D eigenvalue weighted by atomic mass is 19.1. The Hall–Kier alpha value is -3.17. The van der Waals surface area contributed by atoms with Crippen LogP contribution in [-0.4, -0.2) is 78.3 Å². The van der Waals surface area contributed by atoms with Gasteiger partial charge in [0.1, 0.15) is 18.2 Å². The molecule has 2 aromatic carbocycles. The van der Waals surface area contributed by atoms with Gasteiger partial charge in [0.25, 0.3) is 5.91 Å². The van der Waals surface area contributed by atoms with Crippen molar-refractivity contribution in [2.45, 2.75) is 26.3 Å². The van der Waals surface area contributed by atoms with Crippen molar-refractivity contribution in [3.05, 3.63) is 71.3 Å². The van der Waals surface area contributed by atoms with Crippen molar-refractivity contribution in [1.82, 2.24) is 14.8 Å². The number of nitrogens with zero attached hydrogens (tertiary/aromatic N) is 4. The molecule has 0 bridgehead atoms. The van der Waals surface area contributed by atoms with Crippen LogP contribution in [-0.2, 0) is 14.3 Å². The molecule has 0 radical (unpaired) electrons. The van der Waals surface area contributed by atoms with E-state index >= 15 is 0 Å². The topological polar surface area (TPSA) is 65.5 Å². The van der Waals surface area contributed by atoms with E-state index in [1.54, 1.807) is 50.2 Å². The van der Waals surface area contributed by atoms with Gasteiger partial charge in [-0.25, -0.2) is 13.8 Å². The maximum absolute atomic E-state index is 14.8. The highest BCUT2D eigenvalue weighted by molar-refractivity contribution is 6.03. The summed E-state index contributed by atoms with van der Waals surface area (Å²) in [4.78, 5) is 30.3. The average molecular weight is 499 g/mol. The van der Waals surface area contributed by atoms with Crippen LogP contribution in [0.5, 0.6) is 0 Å². The number of carbonyl (C=O) groups excluding carboxylic acids is 2. The van der Waals surface area contributed by atoms with Gasteiger partial charge in [-0.05, 0) is 12.1 Å². The number of benzene rings is 2. The molecular weight excluding hydrogens is 466 g/mol. The van der Waals surface area contributed by atoms with Crippen molar-refractivity contribution >= 4 is 17.5 Å². The second kappa shape index (κ2) is 11.7. The smallest absolute Gasteiger partial charge is 0.262 e. The fourth-order valence-electron chi connectivity index (χ4n) is 4.54. The minimum atomic E-state index is -0.733. The highest BCUT2D eigenvalue weighted by Crippen LogP contribution is 2.34. The molecule has 0 aromatic heterocycles. The van der Waals surface area contributed by atoms with Crippen LogP contribution in [0.15, 0.2) is 53.6 Å². The summed E-state index contributed by atoms with van der Waals surface area (Å²) >= 11 is 0. The molecule has 0 saturated carbocycles. The number of amides is 2. The van der Waals surface area contributed by atoms with Gasteiger partial charge in [0, 0.05) is 49.6 Å². The summed E-state index contributed by atoms with van der Waals surface area (Å²) < 4.78 is 34.7. The standard InChI is InChI=1S/C27H32F2N4O3/c1-19(2)27(35)32(12-11-31-13-15-36-16-14-31)18-26(34)33-25(21-8-4-6-10-23(21)29)17-24(30-33)20-7-3-5-9-22(20)28/h3-10,19,25H,11-18H2,1-2H3/t25-/m1/s1. The van der Waals surface area contributed by atoms with Gasteiger partial charge in [-0.3, -0.25) is 14.5 Å². The van der Waals surface area contributed by atoms with Gasteiger partial charge in [0.05, 0.1) is 25.0 Å². The largest absolute Gasteiger partial charge is 0.379 e. The van der Waals surface area contributed by atoms with E-state index in [9.17, 15) is 18.4 Å². The molecule has 2 aromatic rings. The Balaban J connectivity index is 1.58. The molecule has 2 amide bonds. The molecule has 9 heteroatoms. The lowest BCUT2D eigenvalue weighted by Crippen LogP contribution is -2.47. The normalized spacial score (nSPS) is 18.4. The predicted octanol–water partition coefficient (Wildman–Crippen LogP) is 3.46. The molecule has 0 spiro atoms. The number of hydrogen-bond acceptors (Lipinski definition) is 5. The summed E-state index contributed by atoms with van der Waals surface area (Å²) in [6.45, 7) is 7.22. The van der Waals surface area contributed by atoms with Crippen molar-refractivity contribution in [1.29, 1.82) is 0 Å². The molecule has 2 heterocycles. The number of morpholine rings is 1. The van der Waals surface area contributed by atoms with E-state index in [1.807, 2.05) is 0 Å². The van der Waals surface area contributed by atoms with E-state index < -0.39 is 23.6 Å². The van der Waals surface area contributed by atoms with E-state index in [2.05, 4.69) is 10.0 Å². The molecule has 0 N–H and O–H groups in total. The third kappa shape index (κ3) is 5.96. The summed E-state index contributed by atoms with van der Waals surface area (Å²) in [6.07, 6.45) is 0.166. The zero-order valence-electron chi connectivity index (χ0n) is 20.7. The second-order valence-corrected chi connectivity index (χ2v) is 9.37. The summed E-state index contributed by atoms with van der Waals surface area (Å²) in [7, 11) is 0. The van der Waals surface area contributed by atoms with Crippen LogP contribution in [0.25, 0.3) is 0 Å². The van der Waals surface area contributed by atoms with Gasteiger partial charge in [0.2, 0.25) is 5.91 Å². The van der Waals surface area contributed by atoms with Gasteiger partial charge < -0.3 is 9.64 Å². The first-order chi connectivity index (χ1) is 17.3. The van der Waals surface area contributed by atoms with Crippen molar-refractivity contribution in [2.24, 2.45) is 11.0 Å². The Morgan fingerprint density at radius 3 is 2.39 bits per heavy atom. The lowest BCUT2D eigenvalue weighted by molar-refractivity contribution is -0.143. The fourth-order valence-corrected chi connectivity index (χ4v) is 4.54. The summed E-state index contributed by atoms with van der Waals surface area (Å²) in [5.74, 6) is -1.80. The lowest BCUT2D eigenvalue weighted by atomic mass is 9.97. The highest BCUT2D eigenvalue weighted by Gasteiger charge is 2.36. The first-order valence-electron chi connectivity index (χ1n) is 12.3. The van der Waals surface area contributed by atoms with E-state index in [1.165, 1.54) is 22.0 Å². The first-order valence-corrected chi connectivity index (χ1v) is 12.3. The maximum Gasteiger partial charge on any atom is 0.262 e. The molecular formula is C27H32F2N4O3. The van der Waals surface area contributed by atoms with Crippen LogP contribution in [0.2, 0.25) is 0 Å². The molecule has 2 aliphatic rings. The van der Waals surface area contributed by atoms with Crippen molar-refractivity contribution in [2.75, 3.05) is 45.9 Å². The number of hydrazone groups is 1. The molecule has 0 aliphatic carbocycles. The molecule has 1 atom stereocenters. The van der Waals surface area contributed by atoms with Gasteiger partial charge in [0.15, 0.2) is 0 Å². The molecule has 192 valence electrons. The summed E-state index contributed by atoms with van der Waals surface area (Å²) in [5.41, 5.74) is 0.942. The zero-order chi connectivity index (χ0) is 25.7. The first kappa shape index (κ1) is 25.9. The third-order valence-corrected chi connectivity index (χ3v) is 6.54. The van der Waals surface area contributed by atoms with Crippen LogP contribution in [0.4, 0.5) is 8.78 Å². The van der Waals surface area contributed by atoms with Gasteiger partial charge >= 0.3 is 0 Å². The number of carbonyl (C=O) groups is 2. The minimum absolute atomic E-state index is 0.142. The van der Waals surface area contributed by atoms with Crippen LogP contribution < -0.4 is 0 Å². The van der Waals surface area contributed by atoms with Crippen molar-refractivity contribution in [3.8, 4) is 0 Å². The van der Waals surface area contributed by atoms with Crippen LogP contribution in [0.1, 0.15) is 37.4 Å². The predicted molar refractivity (Wildman–Crippen MR) is 132 cm³/mol. The number of hydrogen-bond donors (Lipinski definition) is 0. The molecule has 2 aliphatic heterocycles. The van der Waals surface area contributed by atoms with Gasteiger partial charge in [-0.2, -0.15) is 5.10 Å². The van der Waals surface area contributed by atoms with Crippen LogP contribution in [0.3, 0.4) is 0 Å². The van der Waals surface area contributed by atoms with Crippen LogP contribution in [0, 0.1) is 17.6 Å². The Bertz CT molecular complexity index is 1120. The summed E-state index contributed by atoms with van der Waals surface area (Å²) in [6, 6.07) is 11.7. The Morgan fingerprint density at radius 2 is 1.72 bits per heavy atom. The van der Waals surface area contributed by atoms with E-state index in [4.69, 9.17) is 4.74 Å². The average Bonchev–Trinajstić information content (AvgIpc) is 3.32.